The lowest BCUT2D eigenvalue weighted by molar-refractivity contribution is 0.0258. The number of rotatable bonds is 5. The predicted octanol–water partition coefficient (Wildman–Crippen LogP) is 5.32. The summed E-state index contributed by atoms with van der Waals surface area (Å²) in [4.78, 5) is 16.4. The summed E-state index contributed by atoms with van der Waals surface area (Å²) in [5.74, 6) is 0.0766. The molecule has 29 heavy (non-hydrogen) atoms. The van der Waals surface area contributed by atoms with Crippen LogP contribution < -0.4 is 5.32 Å². The van der Waals surface area contributed by atoms with E-state index in [1.807, 2.05) is 32.0 Å². The standard InChI is InChI=1S/C26H32N2O/c1-18-8-6-9-19(2)23(18)25(29)27-24(20-10-4-3-5-11-20)26-16-14-22(15-17-26)28(26)21-12-7-13-21/h3-6,8-11,21-22,24H,7,12-17H2,1-2H3,(H,27,29)/t22?,24-,26?/m1/s1. The fourth-order valence-corrected chi connectivity index (χ4v) is 6.32. The molecule has 1 amide bonds. The van der Waals surface area contributed by atoms with E-state index in [9.17, 15) is 4.79 Å². The number of nitrogens with zero attached hydrogens (tertiary/aromatic N) is 1. The van der Waals surface area contributed by atoms with Crippen molar-refractivity contribution < 1.29 is 4.79 Å². The molecule has 3 aliphatic rings. The number of amides is 1. The first-order chi connectivity index (χ1) is 14.1. The number of nitrogens with one attached hydrogen (secondary N) is 1. The molecule has 3 heteroatoms. The average molecular weight is 389 g/mol. The van der Waals surface area contributed by atoms with E-state index in [0.717, 1.165) is 16.7 Å². The van der Waals surface area contributed by atoms with Gasteiger partial charge in [0.1, 0.15) is 0 Å². The van der Waals surface area contributed by atoms with Crippen molar-refractivity contribution in [2.45, 2.75) is 82.5 Å². The van der Waals surface area contributed by atoms with Crippen molar-refractivity contribution in [2.75, 3.05) is 0 Å². The molecule has 3 fully saturated rings. The van der Waals surface area contributed by atoms with Crippen LogP contribution in [0.25, 0.3) is 0 Å². The van der Waals surface area contributed by atoms with Crippen LogP contribution in [-0.4, -0.2) is 28.4 Å². The monoisotopic (exact) mass is 388 g/mol. The van der Waals surface area contributed by atoms with Crippen LogP contribution in [0.5, 0.6) is 0 Å². The third kappa shape index (κ3) is 3.02. The highest BCUT2D eigenvalue weighted by Crippen LogP contribution is 2.55. The van der Waals surface area contributed by atoms with Crippen molar-refractivity contribution in [2.24, 2.45) is 0 Å². The number of benzene rings is 2. The van der Waals surface area contributed by atoms with E-state index < -0.39 is 0 Å². The molecular formula is C26H32N2O. The van der Waals surface area contributed by atoms with Gasteiger partial charge in [-0.05, 0) is 69.1 Å². The number of aryl methyl sites for hydroxylation is 2. The van der Waals surface area contributed by atoms with Crippen molar-refractivity contribution in [3.63, 3.8) is 0 Å². The molecular weight excluding hydrogens is 356 g/mol. The maximum absolute atomic E-state index is 13.5. The predicted molar refractivity (Wildman–Crippen MR) is 117 cm³/mol. The Bertz CT molecular complexity index is 874. The van der Waals surface area contributed by atoms with E-state index in [1.54, 1.807) is 0 Å². The van der Waals surface area contributed by atoms with E-state index in [2.05, 4.69) is 40.5 Å². The van der Waals surface area contributed by atoms with Gasteiger partial charge in [0.2, 0.25) is 0 Å². The van der Waals surface area contributed by atoms with Gasteiger partial charge in [0.15, 0.2) is 0 Å². The fraction of sp³-hybridized carbons (Fsp3) is 0.500. The number of carbonyl (C=O) groups is 1. The Hall–Kier alpha value is -2.13. The van der Waals surface area contributed by atoms with Gasteiger partial charge < -0.3 is 5.32 Å². The van der Waals surface area contributed by atoms with Crippen LogP contribution in [0.15, 0.2) is 48.5 Å². The average Bonchev–Trinajstić information content (AvgIpc) is 3.21. The smallest absolute Gasteiger partial charge is 0.252 e. The van der Waals surface area contributed by atoms with Gasteiger partial charge in [-0.15, -0.1) is 0 Å². The van der Waals surface area contributed by atoms with E-state index >= 15 is 0 Å². The Morgan fingerprint density at radius 1 is 0.931 bits per heavy atom. The van der Waals surface area contributed by atoms with Crippen molar-refractivity contribution in [1.29, 1.82) is 0 Å². The highest BCUT2D eigenvalue weighted by atomic mass is 16.1. The second-order valence-corrected chi connectivity index (χ2v) is 9.41. The van der Waals surface area contributed by atoms with Gasteiger partial charge in [0.05, 0.1) is 6.04 Å². The lowest BCUT2D eigenvalue weighted by Crippen LogP contribution is -2.57. The molecule has 2 aliphatic heterocycles. The number of carbonyl (C=O) groups excluding carboxylic acids is 1. The van der Waals surface area contributed by atoms with Crippen LogP contribution >= 0.6 is 0 Å². The minimum absolute atomic E-state index is 0.0447. The van der Waals surface area contributed by atoms with Crippen LogP contribution in [0.4, 0.5) is 0 Å². The summed E-state index contributed by atoms with van der Waals surface area (Å²) in [5, 5.41) is 3.54. The zero-order valence-electron chi connectivity index (χ0n) is 17.7. The summed E-state index contributed by atoms with van der Waals surface area (Å²) < 4.78 is 0. The molecule has 0 radical (unpaired) electrons. The molecule has 3 nitrogen and oxygen atoms in total. The van der Waals surface area contributed by atoms with Gasteiger partial charge in [0, 0.05) is 23.2 Å². The Kier molecular flexibility index (Phi) is 4.74. The molecule has 1 aliphatic carbocycles. The van der Waals surface area contributed by atoms with Crippen LogP contribution in [0, 0.1) is 13.8 Å². The van der Waals surface area contributed by atoms with Crippen molar-refractivity contribution >= 4 is 5.91 Å². The molecule has 152 valence electrons. The molecule has 2 bridgehead atoms. The Morgan fingerprint density at radius 2 is 1.55 bits per heavy atom. The first-order valence-electron chi connectivity index (χ1n) is 11.3. The van der Waals surface area contributed by atoms with Gasteiger partial charge in [-0.1, -0.05) is 55.0 Å². The van der Waals surface area contributed by atoms with Crippen LogP contribution in [0.3, 0.4) is 0 Å². The van der Waals surface area contributed by atoms with E-state index in [-0.39, 0.29) is 17.5 Å². The molecule has 2 heterocycles. The summed E-state index contributed by atoms with van der Waals surface area (Å²) in [7, 11) is 0. The second kappa shape index (κ2) is 7.28. The van der Waals surface area contributed by atoms with Crippen LogP contribution in [-0.2, 0) is 0 Å². The van der Waals surface area contributed by atoms with Gasteiger partial charge in [0.25, 0.3) is 5.91 Å². The van der Waals surface area contributed by atoms with Crippen molar-refractivity contribution in [1.82, 2.24) is 10.2 Å². The first-order valence-corrected chi connectivity index (χ1v) is 11.3. The molecule has 0 spiro atoms. The Balaban J connectivity index is 1.54. The molecule has 2 aromatic carbocycles. The normalized spacial score (nSPS) is 27.6. The quantitative estimate of drug-likeness (QED) is 0.751. The summed E-state index contributed by atoms with van der Waals surface area (Å²) in [6.07, 6.45) is 8.95. The Labute approximate surface area is 174 Å². The molecule has 2 saturated heterocycles. The molecule has 1 N–H and O–H groups in total. The van der Waals surface area contributed by atoms with Crippen molar-refractivity contribution in [3.8, 4) is 0 Å². The Morgan fingerprint density at radius 3 is 2.14 bits per heavy atom. The topological polar surface area (TPSA) is 32.3 Å². The fourth-order valence-electron chi connectivity index (χ4n) is 6.32. The van der Waals surface area contributed by atoms with E-state index in [4.69, 9.17) is 0 Å². The number of hydrogen-bond donors (Lipinski definition) is 1. The maximum atomic E-state index is 13.5. The SMILES string of the molecule is Cc1cccc(C)c1C(=O)N[C@H](c1ccccc1)C12CCC(CC1)N2C1CCC1. The molecule has 5 rings (SSSR count). The van der Waals surface area contributed by atoms with Gasteiger partial charge in [-0.3, -0.25) is 9.69 Å². The van der Waals surface area contributed by atoms with Gasteiger partial charge in [-0.2, -0.15) is 0 Å². The zero-order chi connectivity index (χ0) is 20.0. The summed E-state index contributed by atoms with van der Waals surface area (Å²) in [5.41, 5.74) is 4.27. The van der Waals surface area contributed by atoms with Crippen molar-refractivity contribution in [3.05, 3.63) is 70.8 Å². The highest BCUT2D eigenvalue weighted by molar-refractivity contribution is 5.97. The zero-order valence-corrected chi connectivity index (χ0v) is 17.7. The van der Waals surface area contributed by atoms with Gasteiger partial charge in [-0.25, -0.2) is 0 Å². The molecule has 2 aromatic rings. The largest absolute Gasteiger partial charge is 0.343 e. The summed E-state index contributed by atoms with van der Waals surface area (Å²) in [6.45, 7) is 4.08. The number of fused-ring (bicyclic) bond motifs is 2. The molecule has 0 aromatic heterocycles. The minimum Gasteiger partial charge on any atom is -0.343 e. The third-order valence-electron chi connectivity index (χ3n) is 7.85. The molecule has 1 saturated carbocycles. The minimum atomic E-state index is 0.0447. The lowest BCUT2D eigenvalue weighted by Gasteiger charge is -2.48. The summed E-state index contributed by atoms with van der Waals surface area (Å²) >= 11 is 0. The molecule has 0 unspecified atom stereocenters. The number of hydrogen-bond acceptors (Lipinski definition) is 2. The summed E-state index contributed by atoms with van der Waals surface area (Å²) in [6, 6.07) is 18.3. The lowest BCUT2D eigenvalue weighted by atomic mass is 9.77. The van der Waals surface area contributed by atoms with Crippen LogP contribution in [0.1, 0.15) is 78.0 Å². The van der Waals surface area contributed by atoms with Gasteiger partial charge >= 0.3 is 0 Å². The van der Waals surface area contributed by atoms with Crippen LogP contribution in [0.2, 0.25) is 0 Å². The maximum Gasteiger partial charge on any atom is 0.252 e. The van der Waals surface area contributed by atoms with E-state index in [0.29, 0.717) is 12.1 Å². The third-order valence-corrected chi connectivity index (χ3v) is 7.85. The first kappa shape index (κ1) is 18.9. The molecule has 1 atom stereocenters. The van der Waals surface area contributed by atoms with E-state index in [1.165, 1.54) is 50.5 Å². The highest BCUT2D eigenvalue weighted by Gasteiger charge is 2.58. The second-order valence-electron chi connectivity index (χ2n) is 9.41.